The van der Waals surface area contributed by atoms with Crippen LogP contribution < -0.4 is 14.4 Å². The van der Waals surface area contributed by atoms with Gasteiger partial charge in [0.1, 0.15) is 21.7 Å². The minimum Gasteiger partial charge on any atom is -0.495 e. The molecule has 33 heavy (non-hydrogen) atoms. The lowest BCUT2D eigenvalue weighted by atomic mass is 10.3. The van der Waals surface area contributed by atoms with Gasteiger partial charge in [-0.1, -0.05) is 22.9 Å². The summed E-state index contributed by atoms with van der Waals surface area (Å²) < 4.78 is 36.8. The molecule has 1 amide bonds. The lowest BCUT2D eigenvalue weighted by molar-refractivity contribution is -0.131. The molecule has 0 saturated carbocycles. The number of fused-ring (bicyclic) bond motifs is 1. The zero-order valence-electron chi connectivity index (χ0n) is 18.3. The smallest absolute Gasteiger partial charge is 0.223 e. The van der Waals surface area contributed by atoms with Gasteiger partial charge in [-0.2, -0.15) is 0 Å². The predicted octanol–water partition coefficient (Wildman–Crippen LogP) is 3.48. The van der Waals surface area contributed by atoms with E-state index in [-0.39, 0.29) is 23.0 Å². The van der Waals surface area contributed by atoms with Gasteiger partial charge >= 0.3 is 0 Å². The van der Waals surface area contributed by atoms with Crippen molar-refractivity contribution in [3.8, 4) is 11.5 Å². The Bertz CT molecular complexity index is 1210. The Kier molecular flexibility index (Phi) is 6.96. The molecular formula is C22H24ClN3O5S2. The first-order valence-electron chi connectivity index (χ1n) is 10.3. The molecule has 1 fully saturated rings. The molecule has 0 atom stereocenters. The third-order valence-electron chi connectivity index (χ3n) is 5.56. The minimum atomic E-state index is -3.54. The maximum absolute atomic E-state index is 12.7. The van der Waals surface area contributed by atoms with E-state index in [1.807, 2.05) is 12.1 Å². The number of hydrogen-bond acceptors (Lipinski definition) is 8. The zero-order valence-corrected chi connectivity index (χ0v) is 20.7. The van der Waals surface area contributed by atoms with Gasteiger partial charge in [0.2, 0.25) is 5.91 Å². The Balaban J connectivity index is 1.37. The molecule has 2 heterocycles. The van der Waals surface area contributed by atoms with Crippen LogP contribution >= 0.6 is 22.9 Å². The first kappa shape index (κ1) is 23.6. The van der Waals surface area contributed by atoms with Gasteiger partial charge in [-0.25, -0.2) is 13.4 Å². The number of methoxy groups -OCH3 is 2. The van der Waals surface area contributed by atoms with E-state index in [0.29, 0.717) is 37.0 Å². The molecule has 1 aliphatic heterocycles. The van der Waals surface area contributed by atoms with Crippen molar-refractivity contribution in [3.05, 3.63) is 41.4 Å². The van der Waals surface area contributed by atoms with Crippen LogP contribution in [0.2, 0.25) is 5.02 Å². The van der Waals surface area contributed by atoms with Crippen LogP contribution in [0.15, 0.2) is 41.3 Å². The summed E-state index contributed by atoms with van der Waals surface area (Å²) >= 11 is 7.35. The van der Waals surface area contributed by atoms with Crippen LogP contribution in [0.3, 0.4) is 0 Å². The molecule has 176 valence electrons. The first-order chi connectivity index (χ1) is 15.8. The van der Waals surface area contributed by atoms with Crippen molar-refractivity contribution in [2.75, 3.05) is 51.1 Å². The summed E-state index contributed by atoms with van der Waals surface area (Å²) in [6.45, 7) is 2.23. The molecule has 4 rings (SSSR count). The number of amides is 1. The fraction of sp³-hybridized carbons (Fsp3) is 0.364. The van der Waals surface area contributed by atoms with E-state index in [9.17, 15) is 13.2 Å². The number of piperazine rings is 1. The number of sulfone groups is 1. The van der Waals surface area contributed by atoms with Gasteiger partial charge in [-0.15, -0.1) is 0 Å². The fourth-order valence-corrected chi connectivity index (χ4v) is 6.18. The fourth-order valence-electron chi connectivity index (χ4n) is 3.70. The molecule has 0 radical (unpaired) electrons. The lowest BCUT2D eigenvalue weighted by Gasteiger charge is -2.34. The van der Waals surface area contributed by atoms with Crippen LogP contribution in [0.4, 0.5) is 5.13 Å². The summed E-state index contributed by atoms with van der Waals surface area (Å²) in [6, 6.07) is 9.67. The number of ether oxygens (including phenoxy) is 2. The molecule has 1 aliphatic rings. The normalized spacial score (nSPS) is 14.5. The van der Waals surface area contributed by atoms with E-state index in [1.54, 1.807) is 19.1 Å². The largest absolute Gasteiger partial charge is 0.495 e. The maximum Gasteiger partial charge on any atom is 0.223 e. The molecule has 1 saturated heterocycles. The zero-order chi connectivity index (χ0) is 23.6. The molecule has 8 nitrogen and oxygen atoms in total. The molecule has 0 spiro atoms. The quantitative estimate of drug-likeness (QED) is 0.481. The van der Waals surface area contributed by atoms with E-state index in [2.05, 4.69) is 4.90 Å². The standard InChI is InChI=1S/C22H24ClN3O5S2/c1-30-17-7-8-18(31-2)21-20(17)24-22(32-21)26-12-10-25(11-13-26)19(27)9-14-33(28,29)16-5-3-15(23)4-6-16/h3-8H,9-14H2,1-2H3. The highest BCUT2D eigenvalue weighted by molar-refractivity contribution is 7.91. The molecular weight excluding hydrogens is 486 g/mol. The van der Waals surface area contributed by atoms with Crippen molar-refractivity contribution in [1.29, 1.82) is 0 Å². The van der Waals surface area contributed by atoms with E-state index < -0.39 is 9.84 Å². The predicted molar refractivity (Wildman–Crippen MR) is 130 cm³/mol. The van der Waals surface area contributed by atoms with Gasteiger partial charge in [0.25, 0.3) is 0 Å². The summed E-state index contributed by atoms with van der Waals surface area (Å²) in [5, 5.41) is 1.30. The highest BCUT2D eigenvalue weighted by Crippen LogP contribution is 2.40. The van der Waals surface area contributed by atoms with E-state index in [1.165, 1.54) is 35.6 Å². The molecule has 11 heteroatoms. The number of carbonyl (C=O) groups excluding carboxylic acids is 1. The van der Waals surface area contributed by atoms with Gasteiger partial charge in [0.05, 0.1) is 24.9 Å². The topological polar surface area (TPSA) is 89.0 Å². The number of thiazole rings is 1. The third-order valence-corrected chi connectivity index (χ3v) is 8.67. The molecule has 3 aromatic rings. The second-order valence-corrected chi connectivity index (χ2v) is 11.1. The number of anilines is 1. The van der Waals surface area contributed by atoms with Crippen LogP contribution in [0, 0.1) is 0 Å². The molecule has 0 unspecified atom stereocenters. The van der Waals surface area contributed by atoms with Crippen molar-refractivity contribution >= 4 is 54.0 Å². The first-order valence-corrected chi connectivity index (χ1v) is 13.2. The maximum atomic E-state index is 12.7. The van der Waals surface area contributed by atoms with E-state index in [4.69, 9.17) is 26.1 Å². The number of hydrogen-bond donors (Lipinski definition) is 0. The van der Waals surface area contributed by atoms with Gasteiger partial charge in [-0.05, 0) is 36.4 Å². The van der Waals surface area contributed by atoms with Crippen molar-refractivity contribution in [2.24, 2.45) is 0 Å². The number of aromatic nitrogens is 1. The van der Waals surface area contributed by atoms with Crippen LogP contribution in [-0.2, 0) is 14.6 Å². The molecule has 2 aromatic carbocycles. The van der Waals surface area contributed by atoms with Gasteiger partial charge < -0.3 is 19.3 Å². The summed E-state index contributed by atoms with van der Waals surface area (Å²) in [5.74, 6) is 1.03. The van der Waals surface area contributed by atoms with Crippen LogP contribution in [0.25, 0.3) is 10.2 Å². The summed E-state index contributed by atoms with van der Waals surface area (Å²) in [4.78, 5) is 21.4. The molecule has 1 aromatic heterocycles. The average molecular weight is 510 g/mol. The average Bonchev–Trinajstić information content (AvgIpc) is 3.28. The number of rotatable bonds is 7. The Labute approximate surface area is 201 Å². The third kappa shape index (κ3) is 5.02. The minimum absolute atomic E-state index is 0.0551. The monoisotopic (exact) mass is 509 g/mol. The Morgan fingerprint density at radius 3 is 2.30 bits per heavy atom. The number of halogens is 1. The number of benzene rings is 2. The molecule has 0 N–H and O–H groups in total. The van der Waals surface area contributed by atoms with Gasteiger partial charge in [-0.3, -0.25) is 4.79 Å². The highest BCUT2D eigenvalue weighted by atomic mass is 35.5. The Morgan fingerprint density at radius 1 is 1.03 bits per heavy atom. The SMILES string of the molecule is COc1ccc(OC)c2sc(N3CCN(C(=O)CCS(=O)(=O)c4ccc(Cl)cc4)CC3)nc12. The number of nitrogens with zero attached hydrogens (tertiary/aromatic N) is 3. The summed E-state index contributed by atoms with van der Waals surface area (Å²) in [6.07, 6.45) is -0.0551. The summed E-state index contributed by atoms with van der Waals surface area (Å²) in [7, 11) is -0.309. The summed E-state index contributed by atoms with van der Waals surface area (Å²) in [5.41, 5.74) is 0.753. The number of carbonyl (C=O) groups is 1. The van der Waals surface area contributed by atoms with Crippen molar-refractivity contribution in [3.63, 3.8) is 0 Å². The highest BCUT2D eigenvalue weighted by Gasteiger charge is 2.26. The van der Waals surface area contributed by atoms with Crippen LogP contribution in [0.5, 0.6) is 11.5 Å². The second-order valence-electron chi connectivity index (χ2n) is 7.53. The van der Waals surface area contributed by atoms with Gasteiger partial charge in [0, 0.05) is 37.6 Å². The molecule has 0 aliphatic carbocycles. The van der Waals surface area contributed by atoms with E-state index in [0.717, 1.165) is 21.1 Å². The Hall–Kier alpha value is -2.56. The molecule has 0 bridgehead atoms. The van der Waals surface area contributed by atoms with Crippen molar-refractivity contribution in [2.45, 2.75) is 11.3 Å². The van der Waals surface area contributed by atoms with Crippen LogP contribution in [-0.4, -0.2) is 70.4 Å². The van der Waals surface area contributed by atoms with Crippen molar-refractivity contribution in [1.82, 2.24) is 9.88 Å². The van der Waals surface area contributed by atoms with Gasteiger partial charge in [0.15, 0.2) is 15.0 Å². The van der Waals surface area contributed by atoms with Crippen molar-refractivity contribution < 1.29 is 22.7 Å². The lowest BCUT2D eigenvalue weighted by Crippen LogP contribution is -2.49. The second kappa shape index (κ2) is 9.74. The Morgan fingerprint density at radius 2 is 1.67 bits per heavy atom. The van der Waals surface area contributed by atoms with E-state index >= 15 is 0 Å². The van der Waals surface area contributed by atoms with Crippen LogP contribution in [0.1, 0.15) is 6.42 Å².